The third-order valence-electron chi connectivity index (χ3n) is 4.21. The molecule has 0 aromatic heterocycles. The van der Waals surface area contributed by atoms with Gasteiger partial charge in [0.2, 0.25) is 10.0 Å². The van der Waals surface area contributed by atoms with Gasteiger partial charge in [-0.2, -0.15) is 4.31 Å². The molecule has 0 bridgehead atoms. The molecule has 2 saturated heterocycles. The summed E-state index contributed by atoms with van der Waals surface area (Å²) in [5.41, 5.74) is 0. The number of carbonyl (C=O) groups is 1. The number of rotatable bonds is 3. The van der Waals surface area contributed by atoms with Crippen molar-refractivity contribution in [1.82, 2.24) is 9.21 Å². The van der Waals surface area contributed by atoms with Gasteiger partial charge in [0, 0.05) is 32.8 Å². The molecule has 2 aliphatic heterocycles. The van der Waals surface area contributed by atoms with Gasteiger partial charge in [-0.3, -0.25) is 4.79 Å². The standard InChI is InChI=1S/C15H19FN2O4S/c16-12-3-5-13(6-4-12)23(20,21)18-9-7-17(8-10-18)15(19)14-2-1-11-22-14/h3-6,14H,1-2,7-11H2. The minimum Gasteiger partial charge on any atom is -0.368 e. The monoisotopic (exact) mass is 342 g/mol. The molecule has 3 rings (SSSR count). The van der Waals surface area contributed by atoms with Gasteiger partial charge in [0.1, 0.15) is 11.9 Å². The zero-order chi connectivity index (χ0) is 16.4. The van der Waals surface area contributed by atoms with Gasteiger partial charge in [-0.1, -0.05) is 0 Å². The molecule has 6 nitrogen and oxygen atoms in total. The second kappa shape index (κ2) is 6.54. The normalized spacial score (nSPS) is 23.2. The van der Waals surface area contributed by atoms with Crippen molar-refractivity contribution in [2.75, 3.05) is 32.8 Å². The van der Waals surface area contributed by atoms with Crippen molar-refractivity contribution >= 4 is 15.9 Å². The van der Waals surface area contributed by atoms with Crippen LogP contribution in [0.4, 0.5) is 4.39 Å². The molecule has 1 aromatic rings. The fraction of sp³-hybridized carbons (Fsp3) is 0.533. The van der Waals surface area contributed by atoms with Crippen LogP contribution in [0.15, 0.2) is 29.2 Å². The van der Waals surface area contributed by atoms with E-state index in [2.05, 4.69) is 0 Å². The maximum atomic E-state index is 12.9. The zero-order valence-corrected chi connectivity index (χ0v) is 13.5. The highest BCUT2D eigenvalue weighted by Crippen LogP contribution is 2.20. The molecule has 1 amide bonds. The van der Waals surface area contributed by atoms with Gasteiger partial charge in [0.25, 0.3) is 5.91 Å². The highest BCUT2D eigenvalue weighted by atomic mass is 32.2. The van der Waals surface area contributed by atoms with Gasteiger partial charge < -0.3 is 9.64 Å². The van der Waals surface area contributed by atoms with Crippen molar-refractivity contribution in [2.24, 2.45) is 0 Å². The van der Waals surface area contributed by atoms with E-state index in [0.29, 0.717) is 19.7 Å². The Bertz CT molecular complexity index is 663. The van der Waals surface area contributed by atoms with E-state index >= 15 is 0 Å². The first-order valence-corrected chi connectivity index (χ1v) is 9.08. The second-order valence-corrected chi connectivity index (χ2v) is 7.62. The fourth-order valence-corrected chi connectivity index (χ4v) is 4.30. The van der Waals surface area contributed by atoms with Crippen molar-refractivity contribution in [3.05, 3.63) is 30.1 Å². The lowest BCUT2D eigenvalue weighted by atomic mass is 10.2. The number of ether oxygens (including phenoxy) is 1. The lowest BCUT2D eigenvalue weighted by Crippen LogP contribution is -2.52. The molecule has 0 aliphatic carbocycles. The first-order chi connectivity index (χ1) is 11.0. The number of amides is 1. The predicted molar refractivity (Wildman–Crippen MR) is 80.7 cm³/mol. The molecule has 8 heteroatoms. The molecule has 2 fully saturated rings. The van der Waals surface area contributed by atoms with E-state index in [4.69, 9.17) is 4.74 Å². The molecule has 2 aliphatic rings. The third-order valence-corrected chi connectivity index (χ3v) is 6.12. The summed E-state index contributed by atoms with van der Waals surface area (Å²) in [6.45, 7) is 1.77. The summed E-state index contributed by atoms with van der Waals surface area (Å²) in [6.07, 6.45) is 1.23. The van der Waals surface area contributed by atoms with Crippen molar-refractivity contribution in [2.45, 2.75) is 23.8 Å². The SMILES string of the molecule is O=C(C1CCCO1)N1CCN(S(=O)(=O)c2ccc(F)cc2)CC1. The van der Waals surface area contributed by atoms with Gasteiger partial charge in [-0.15, -0.1) is 0 Å². The van der Waals surface area contributed by atoms with E-state index in [1.165, 1.54) is 16.4 Å². The van der Waals surface area contributed by atoms with Gasteiger partial charge in [0.05, 0.1) is 4.90 Å². The summed E-state index contributed by atoms with van der Waals surface area (Å²) >= 11 is 0. The van der Waals surface area contributed by atoms with E-state index in [-0.39, 0.29) is 30.0 Å². The number of halogens is 1. The Balaban J connectivity index is 1.64. The van der Waals surface area contributed by atoms with Gasteiger partial charge in [0.15, 0.2) is 0 Å². The maximum Gasteiger partial charge on any atom is 0.251 e. The highest BCUT2D eigenvalue weighted by Gasteiger charge is 2.33. The smallest absolute Gasteiger partial charge is 0.251 e. The summed E-state index contributed by atoms with van der Waals surface area (Å²) < 4.78 is 44.7. The van der Waals surface area contributed by atoms with Crippen LogP contribution >= 0.6 is 0 Å². The minimum atomic E-state index is -3.65. The van der Waals surface area contributed by atoms with Crippen molar-refractivity contribution in [1.29, 1.82) is 0 Å². The summed E-state index contributed by atoms with van der Waals surface area (Å²) in [4.78, 5) is 14.0. The number of piperazine rings is 1. The quantitative estimate of drug-likeness (QED) is 0.816. The Morgan fingerprint density at radius 3 is 2.35 bits per heavy atom. The van der Waals surface area contributed by atoms with Crippen LogP contribution in [0.2, 0.25) is 0 Å². The van der Waals surface area contributed by atoms with Crippen molar-refractivity contribution in [3.8, 4) is 0 Å². The molecular formula is C15H19FN2O4S. The van der Waals surface area contributed by atoms with Gasteiger partial charge in [-0.25, -0.2) is 12.8 Å². The molecule has 1 unspecified atom stereocenters. The van der Waals surface area contributed by atoms with Gasteiger partial charge >= 0.3 is 0 Å². The third kappa shape index (κ3) is 3.39. The molecular weight excluding hydrogens is 323 g/mol. The van der Waals surface area contributed by atoms with Crippen LogP contribution in [0.25, 0.3) is 0 Å². The summed E-state index contributed by atoms with van der Waals surface area (Å²) in [6, 6.07) is 4.78. The number of hydrogen-bond donors (Lipinski definition) is 0. The predicted octanol–water partition coefficient (Wildman–Crippen LogP) is 0.838. The minimum absolute atomic E-state index is 0.0543. The van der Waals surface area contributed by atoms with Crippen LogP contribution in [0.1, 0.15) is 12.8 Å². The second-order valence-electron chi connectivity index (χ2n) is 5.68. The van der Waals surface area contributed by atoms with E-state index in [0.717, 1.165) is 25.0 Å². The summed E-state index contributed by atoms with van der Waals surface area (Å²) in [7, 11) is -3.65. The molecule has 0 N–H and O–H groups in total. The lowest BCUT2D eigenvalue weighted by Gasteiger charge is -2.35. The fourth-order valence-electron chi connectivity index (χ4n) is 2.88. The Labute approximate surface area is 134 Å². The molecule has 1 aromatic carbocycles. The number of hydrogen-bond acceptors (Lipinski definition) is 4. The van der Waals surface area contributed by atoms with Crippen LogP contribution in [0.3, 0.4) is 0 Å². The molecule has 23 heavy (non-hydrogen) atoms. The van der Waals surface area contributed by atoms with Crippen molar-refractivity contribution < 1.29 is 22.3 Å². The van der Waals surface area contributed by atoms with Crippen LogP contribution in [0.5, 0.6) is 0 Å². The first kappa shape index (κ1) is 16.4. The van der Waals surface area contributed by atoms with Crippen LogP contribution < -0.4 is 0 Å². The first-order valence-electron chi connectivity index (χ1n) is 7.64. The van der Waals surface area contributed by atoms with E-state index in [1.807, 2.05) is 0 Å². The van der Waals surface area contributed by atoms with E-state index in [1.54, 1.807) is 4.90 Å². The van der Waals surface area contributed by atoms with E-state index < -0.39 is 15.8 Å². The Morgan fingerprint density at radius 2 is 1.78 bits per heavy atom. The number of nitrogens with zero attached hydrogens (tertiary/aromatic N) is 2. The molecule has 0 radical (unpaired) electrons. The maximum absolute atomic E-state index is 12.9. The average molecular weight is 342 g/mol. The number of carbonyl (C=O) groups excluding carboxylic acids is 1. The zero-order valence-electron chi connectivity index (χ0n) is 12.7. The molecule has 1 atom stereocenters. The van der Waals surface area contributed by atoms with E-state index in [9.17, 15) is 17.6 Å². The Hall–Kier alpha value is -1.51. The largest absolute Gasteiger partial charge is 0.368 e. The Morgan fingerprint density at radius 1 is 1.13 bits per heavy atom. The molecule has 126 valence electrons. The van der Waals surface area contributed by atoms with Crippen molar-refractivity contribution in [3.63, 3.8) is 0 Å². The lowest BCUT2D eigenvalue weighted by molar-refractivity contribution is -0.142. The molecule has 0 saturated carbocycles. The summed E-state index contributed by atoms with van der Waals surface area (Å²) in [5, 5.41) is 0. The van der Waals surface area contributed by atoms with Gasteiger partial charge in [-0.05, 0) is 37.1 Å². The Kier molecular flexibility index (Phi) is 4.65. The average Bonchev–Trinajstić information content (AvgIpc) is 3.09. The molecule has 2 heterocycles. The number of benzene rings is 1. The van der Waals surface area contributed by atoms with Crippen LogP contribution in [0, 0.1) is 5.82 Å². The number of sulfonamides is 1. The molecule has 0 spiro atoms. The topological polar surface area (TPSA) is 66.9 Å². The summed E-state index contributed by atoms with van der Waals surface area (Å²) in [5.74, 6) is -0.530. The van der Waals surface area contributed by atoms with Crippen LogP contribution in [-0.2, 0) is 19.6 Å². The van der Waals surface area contributed by atoms with Crippen LogP contribution in [-0.4, -0.2) is 62.4 Å². The highest BCUT2D eigenvalue weighted by molar-refractivity contribution is 7.89.